The smallest absolute Gasteiger partial charge is 0.310 e. The molecule has 6 nitrogen and oxygen atoms in total. The minimum absolute atomic E-state index is 0.00624. The van der Waals surface area contributed by atoms with E-state index in [1.54, 1.807) is 6.07 Å². The normalized spacial score (nSPS) is 23.4. The average molecular weight is 295 g/mol. The number of carbonyl (C=O) groups is 1. The number of ether oxygens (including phenoxy) is 1. The van der Waals surface area contributed by atoms with Crippen LogP contribution in [0.3, 0.4) is 0 Å². The maximum absolute atomic E-state index is 11.3. The van der Waals surface area contributed by atoms with Crippen molar-refractivity contribution in [3.63, 3.8) is 0 Å². The molecule has 2 rings (SSSR count). The predicted octanol–water partition coefficient (Wildman–Crippen LogP) is 1.58. The SMILES string of the molecule is CCN(C(C)c1c(O)cccc1O)C1COCC1C(=O)O. The molecule has 0 bridgehead atoms. The molecule has 3 atom stereocenters. The lowest BCUT2D eigenvalue weighted by Gasteiger charge is -2.35. The molecule has 0 spiro atoms. The molecule has 0 aromatic heterocycles. The van der Waals surface area contributed by atoms with Crippen LogP contribution < -0.4 is 0 Å². The Hall–Kier alpha value is -1.79. The Balaban J connectivity index is 2.30. The minimum atomic E-state index is -0.885. The van der Waals surface area contributed by atoms with E-state index in [0.29, 0.717) is 18.7 Å². The number of phenols is 2. The summed E-state index contributed by atoms with van der Waals surface area (Å²) in [6.07, 6.45) is 0. The minimum Gasteiger partial charge on any atom is -0.507 e. The fraction of sp³-hybridized carbons (Fsp3) is 0.533. The van der Waals surface area contributed by atoms with Gasteiger partial charge in [-0.15, -0.1) is 0 Å². The highest BCUT2D eigenvalue weighted by atomic mass is 16.5. The average Bonchev–Trinajstić information content (AvgIpc) is 2.88. The quantitative estimate of drug-likeness (QED) is 0.764. The van der Waals surface area contributed by atoms with E-state index in [1.807, 2.05) is 18.7 Å². The van der Waals surface area contributed by atoms with Gasteiger partial charge in [-0.25, -0.2) is 0 Å². The number of aliphatic carboxylic acids is 1. The second-order valence-electron chi connectivity index (χ2n) is 5.27. The Labute approximate surface area is 123 Å². The van der Waals surface area contributed by atoms with Crippen molar-refractivity contribution in [2.24, 2.45) is 5.92 Å². The standard InChI is InChI=1S/C15H21NO5/c1-3-16(11-8-21-7-10(11)15(19)20)9(2)14-12(17)5-4-6-13(14)18/h4-6,9-11,17-18H,3,7-8H2,1-2H3,(H,19,20). The number of hydrogen-bond acceptors (Lipinski definition) is 5. The number of carboxylic acids is 1. The van der Waals surface area contributed by atoms with Gasteiger partial charge in [0.25, 0.3) is 0 Å². The lowest BCUT2D eigenvalue weighted by molar-refractivity contribution is -0.143. The van der Waals surface area contributed by atoms with Crippen molar-refractivity contribution in [1.82, 2.24) is 4.90 Å². The second-order valence-corrected chi connectivity index (χ2v) is 5.27. The van der Waals surface area contributed by atoms with Crippen LogP contribution >= 0.6 is 0 Å². The van der Waals surface area contributed by atoms with Gasteiger partial charge in [0.1, 0.15) is 11.5 Å². The number of rotatable bonds is 5. The van der Waals surface area contributed by atoms with Crippen LogP contribution in [-0.2, 0) is 9.53 Å². The Kier molecular flexibility index (Phi) is 4.69. The van der Waals surface area contributed by atoms with Crippen LogP contribution in [0.4, 0.5) is 0 Å². The van der Waals surface area contributed by atoms with E-state index in [-0.39, 0.29) is 30.2 Å². The summed E-state index contributed by atoms with van der Waals surface area (Å²) in [5.74, 6) is -1.47. The number of likely N-dealkylation sites (N-methyl/N-ethyl adjacent to an activating group) is 1. The van der Waals surface area contributed by atoms with Gasteiger partial charge in [0.2, 0.25) is 0 Å². The molecule has 1 aliphatic heterocycles. The Morgan fingerprint density at radius 3 is 2.52 bits per heavy atom. The Morgan fingerprint density at radius 1 is 1.38 bits per heavy atom. The molecule has 0 saturated carbocycles. The highest BCUT2D eigenvalue weighted by molar-refractivity contribution is 5.71. The summed E-state index contributed by atoms with van der Waals surface area (Å²) in [6.45, 7) is 4.88. The zero-order valence-electron chi connectivity index (χ0n) is 12.2. The maximum atomic E-state index is 11.3. The molecular weight excluding hydrogens is 274 g/mol. The lowest BCUT2D eigenvalue weighted by atomic mass is 9.97. The van der Waals surface area contributed by atoms with Crippen LogP contribution in [0.1, 0.15) is 25.5 Å². The van der Waals surface area contributed by atoms with E-state index in [4.69, 9.17) is 4.74 Å². The van der Waals surface area contributed by atoms with Crippen molar-refractivity contribution in [2.75, 3.05) is 19.8 Å². The molecule has 3 unspecified atom stereocenters. The van der Waals surface area contributed by atoms with E-state index in [1.165, 1.54) is 12.1 Å². The van der Waals surface area contributed by atoms with Crippen LogP contribution in [0, 0.1) is 5.92 Å². The van der Waals surface area contributed by atoms with Gasteiger partial charge in [-0.05, 0) is 25.6 Å². The van der Waals surface area contributed by atoms with Crippen LogP contribution in [-0.4, -0.2) is 52.0 Å². The van der Waals surface area contributed by atoms with E-state index < -0.39 is 11.9 Å². The topological polar surface area (TPSA) is 90.2 Å². The molecule has 1 saturated heterocycles. The van der Waals surface area contributed by atoms with E-state index in [9.17, 15) is 20.1 Å². The highest BCUT2D eigenvalue weighted by Gasteiger charge is 2.40. The van der Waals surface area contributed by atoms with Crippen molar-refractivity contribution in [2.45, 2.75) is 25.9 Å². The maximum Gasteiger partial charge on any atom is 0.310 e. The molecule has 6 heteroatoms. The van der Waals surface area contributed by atoms with E-state index >= 15 is 0 Å². The first-order valence-electron chi connectivity index (χ1n) is 7.04. The number of phenolic OH excluding ortho intramolecular Hbond substituents is 2. The molecular formula is C15H21NO5. The van der Waals surface area contributed by atoms with Crippen LogP contribution in [0.5, 0.6) is 11.5 Å². The van der Waals surface area contributed by atoms with Crippen molar-refractivity contribution in [1.29, 1.82) is 0 Å². The first-order chi connectivity index (χ1) is 9.97. The van der Waals surface area contributed by atoms with Gasteiger partial charge in [0, 0.05) is 12.1 Å². The van der Waals surface area contributed by atoms with Crippen LogP contribution in [0.25, 0.3) is 0 Å². The third-order valence-corrected chi connectivity index (χ3v) is 4.13. The summed E-state index contributed by atoms with van der Waals surface area (Å²) in [5, 5.41) is 29.3. The highest BCUT2D eigenvalue weighted by Crippen LogP contribution is 2.37. The van der Waals surface area contributed by atoms with Crippen LogP contribution in [0.2, 0.25) is 0 Å². The van der Waals surface area contributed by atoms with Crippen molar-refractivity contribution < 1.29 is 24.9 Å². The van der Waals surface area contributed by atoms with Gasteiger partial charge < -0.3 is 20.1 Å². The molecule has 1 fully saturated rings. The fourth-order valence-electron chi connectivity index (χ4n) is 3.04. The molecule has 1 heterocycles. The Morgan fingerprint density at radius 2 is 2.00 bits per heavy atom. The van der Waals surface area contributed by atoms with E-state index in [2.05, 4.69) is 0 Å². The van der Waals surface area contributed by atoms with Crippen molar-refractivity contribution in [3.05, 3.63) is 23.8 Å². The fourth-order valence-corrected chi connectivity index (χ4v) is 3.04. The number of aromatic hydroxyl groups is 2. The van der Waals surface area contributed by atoms with Gasteiger partial charge >= 0.3 is 5.97 Å². The van der Waals surface area contributed by atoms with Gasteiger partial charge in [-0.3, -0.25) is 9.69 Å². The molecule has 0 amide bonds. The number of carboxylic acid groups (broad SMARTS) is 1. The molecule has 1 aromatic rings. The van der Waals surface area contributed by atoms with Gasteiger partial charge in [0.15, 0.2) is 0 Å². The summed E-state index contributed by atoms with van der Waals surface area (Å²) < 4.78 is 5.31. The van der Waals surface area contributed by atoms with E-state index in [0.717, 1.165) is 0 Å². The number of nitrogens with zero attached hydrogens (tertiary/aromatic N) is 1. The zero-order valence-corrected chi connectivity index (χ0v) is 12.2. The summed E-state index contributed by atoms with van der Waals surface area (Å²) in [4.78, 5) is 13.3. The van der Waals surface area contributed by atoms with Gasteiger partial charge in [-0.1, -0.05) is 13.0 Å². The van der Waals surface area contributed by atoms with Crippen molar-refractivity contribution >= 4 is 5.97 Å². The van der Waals surface area contributed by atoms with Crippen molar-refractivity contribution in [3.8, 4) is 11.5 Å². The second kappa shape index (κ2) is 6.32. The lowest BCUT2D eigenvalue weighted by Crippen LogP contribution is -2.44. The molecule has 21 heavy (non-hydrogen) atoms. The molecule has 3 N–H and O–H groups in total. The molecule has 0 aliphatic carbocycles. The van der Waals surface area contributed by atoms with Gasteiger partial charge in [0.05, 0.1) is 24.7 Å². The predicted molar refractivity (Wildman–Crippen MR) is 76.3 cm³/mol. The summed E-state index contributed by atoms with van der Waals surface area (Å²) in [6, 6.07) is 4.00. The Bertz CT molecular complexity index is 499. The monoisotopic (exact) mass is 295 g/mol. The molecule has 116 valence electrons. The third kappa shape index (κ3) is 2.96. The molecule has 1 aliphatic rings. The summed E-state index contributed by atoms with van der Waals surface area (Å²) in [7, 11) is 0. The summed E-state index contributed by atoms with van der Waals surface area (Å²) >= 11 is 0. The first-order valence-corrected chi connectivity index (χ1v) is 7.04. The summed E-state index contributed by atoms with van der Waals surface area (Å²) in [5.41, 5.74) is 0.412. The molecule has 1 aromatic carbocycles. The first kappa shape index (κ1) is 15.6. The largest absolute Gasteiger partial charge is 0.507 e. The molecule has 0 radical (unpaired) electrons. The number of hydrogen-bond donors (Lipinski definition) is 3. The van der Waals surface area contributed by atoms with Crippen LogP contribution in [0.15, 0.2) is 18.2 Å². The number of benzene rings is 1. The third-order valence-electron chi connectivity index (χ3n) is 4.13. The zero-order chi connectivity index (χ0) is 15.6. The van der Waals surface area contributed by atoms with Gasteiger partial charge in [-0.2, -0.15) is 0 Å².